The minimum Gasteiger partial charge on any atom is -0.393 e. The molecule has 0 saturated carbocycles. The van der Waals surface area contributed by atoms with Crippen molar-refractivity contribution in [3.63, 3.8) is 0 Å². The van der Waals surface area contributed by atoms with Crippen molar-refractivity contribution in [2.75, 3.05) is 33.3 Å². The van der Waals surface area contributed by atoms with Gasteiger partial charge in [-0.05, 0) is 54.8 Å². The fourth-order valence-electron chi connectivity index (χ4n) is 5.77. The number of nitrogens with zero attached hydrogens (tertiary/aromatic N) is 5. The first-order chi connectivity index (χ1) is 19.3. The number of carbonyl (C=O) groups is 1. The Labute approximate surface area is 231 Å². The summed E-state index contributed by atoms with van der Waals surface area (Å²) >= 11 is 0. The molecule has 5 rings (SSSR count). The topological polar surface area (TPSA) is 72.8 Å². The number of aliphatic hydroxyl groups is 1. The molecule has 7 nitrogen and oxygen atoms in total. The van der Waals surface area contributed by atoms with Gasteiger partial charge in [0.1, 0.15) is 23.3 Å². The molecule has 1 saturated heterocycles. The molecule has 10 heteroatoms. The second-order valence-corrected chi connectivity index (χ2v) is 10.4. The zero-order valence-corrected chi connectivity index (χ0v) is 22.3. The maximum Gasteiger partial charge on any atom is 0.321 e. The van der Waals surface area contributed by atoms with Crippen LogP contribution in [0.5, 0.6) is 0 Å². The predicted octanol–water partition coefficient (Wildman–Crippen LogP) is 4.40. The quantitative estimate of drug-likeness (QED) is 0.492. The minimum absolute atomic E-state index is 0.0178. The van der Waals surface area contributed by atoms with Crippen molar-refractivity contribution in [3.05, 3.63) is 102 Å². The Bertz CT molecular complexity index is 1360. The number of benzene rings is 2. The van der Waals surface area contributed by atoms with Crippen LogP contribution in [0, 0.1) is 11.6 Å². The molecule has 210 valence electrons. The molecule has 1 fully saturated rings. The monoisotopic (exact) mass is 551 g/mol. The Hall–Kier alpha value is -3.76. The van der Waals surface area contributed by atoms with Crippen LogP contribution in [0.3, 0.4) is 0 Å². The largest absolute Gasteiger partial charge is 0.393 e. The second-order valence-electron chi connectivity index (χ2n) is 10.4. The minimum atomic E-state index is -1.34. The number of halogens is 3. The highest BCUT2D eigenvalue weighted by Crippen LogP contribution is 2.41. The van der Waals surface area contributed by atoms with Crippen LogP contribution in [0.2, 0.25) is 0 Å². The summed E-state index contributed by atoms with van der Waals surface area (Å²) in [6.45, 7) is 0.655. The third-order valence-corrected chi connectivity index (χ3v) is 7.87. The highest BCUT2D eigenvalue weighted by atomic mass is 19.1. The molecule has 3 atom stereocenters. The van der Waals surface area contributed by atoms with E-state index in [1.165, 1.54) is 9.80 Å². The molecule has 0 bridgehead atoms. The highest BCUT2D eigenvalue weighted by Gasteiger charge is 2.47. The van der Waals surface area contributed by atoms with Crippen molar-refractivity contribution >= 4 is 11.6 Å². The van der Waals surface area contributed by atoms with Gasteiger partial charge in [0.15, 0.2) is 0 Å². The van der Waals surface area contributed by atoms with Crippen LogP contribution < -0.4 is 0 Å². The highest BCUT2D eigenvalue weighted by molar-refractivity contribution is 5.83. The van der Waals surface area contributed by atoms with Crippen LogP contribution in [-0.2, 0) is 12.1 Å². The molecule has 2 aliphatic rings. The standard InChI is InChI=1S/C30H32F3N5O2/c1-36(28-8-5-13-37(19-27(28)33)18-24-16-34-11-12-35-24)29(40)38-17-21(25-14-23(31)9-10-26(25)32)15-30(38,20-39)22-6-3-2-4-7-22/h2-4,6-7,9-12,14-16,27-28,39H,5,8,13,17-20H2,1H3/t27?,28?,30-/m1/s1. The molecule has 0 radical (unpaired) electrons. The van der Waals surface area contributed by atoms with Gasteiger partial charge in [0, 0.05) is 50.8 Å². The first kappa shape index (κ1) is 27.8. The molecule has 3 aromatic rings. The number of alkyl halides is 1. The third kappa shape index (κ3) is 5.46. The van der Waals surface area contributed by atoms with Gasteiger partial charge >= 0.3 is 6.03 Å². The van der Waals surface area contributed by atoms with Crippen LogP contribution in [0.1, 0.15) is 29.7 Å². The SMILES string of the molecule is CN(C(=O)N1CC(c2cc(F)ccc2F)=C[C@@]1(CO)c1ccccc1)C1CCCN(Cc2cnccn2)CC1F. The van der Waals surface area contributed by atoms with Gasteiger partial charge in [-0.3, -0.25) is 14.9 Å². The number of amides is 2. The number of urea groups is 1. The van der Waals surface area contributed by atoms with Crippen molar-refractivity contribution in [2.24, 2.45) is 0 Å². The summed E-state index contributed by atoms with van der Waals surface area (Å²) < 4.78 is 44.6. The molecule has 40 heavy (non-hydrogen) atoms. The van der Waals surface area contributed by atoms with Gasteiger partial charge in [0.25, 0.3) is 0 Å². The lowest BCUT2D eigenvalue weighted by atomic mass is 9.89. The van der Waals surface area contributed by atoms with Crippen molar-refractivity contribution in [1.29, 1.82) is 0 Å². The van der Waals surface area contributed by atoms with E-state index in [1.807, 2.05) is 11.0 Å². The number of likely N-dealkylation sites (tertiary alicyclic amines) is 1. The van der Waals surface area contributed by atoms with Crippen LogP contribution >= 0.6 is 0 Å². The number of hydrogen-bond donors (Lipinski definition) is 1. The van der Waals surface area contributed by atoms with Crippen molar-refractivity contribution in [1.82, 2.24) is 24.7 Å². The number of aromatic nitrogens is 2. The molecular formula is C30H32F3N5O2. The van der Waals surface area contributed by atoms with E-state index in [1.54, 1.807) is 56.0 Å². The van der Waals surface area contributed by atoms with Crippen LogP contribution in [0.4, 0.5) is 18.0 Å². The maximum atomic E-state index is 15.8. The molecule has 2 aromatic carbocycles. The van der Waals surface area contributed by atoms with E-state index in [0.29, 0.717) is 37.1 Å². The van der Waals surface area contributed by atoms with Gasteiger partial charge in [-0.2, -0.15) is 0 Å². The van der Waals surface area contributed by atoms with Crippen LogP contribution in [0.25, 0.3) is 5.57 Å². The van der Waals surface area contributed by atoms with E-state index >= 15 is 4.39 Å². The first-order valence-electron chi connectivity index (χ1n) is 13.3. The molecule has 1 N–H and O–H groups in total. The number of carbonyl (C=O) groups excluding carboxylic acids is 1. The predicted molar refractivity (Wildman–Crippen MR) is 145 cm³/mol. The van der Waals surface area contributed by atoms with E-state index in [2.05, 4.69) is 9.97 Å². The van der Waals surface area contributed by atoms with E-state index in [4.69, 9.17) is 0 Å². The lowest BCUT2D eigenvalue weighted by Crippen LogP contribution is -2.56. The van der Waals surface area contributed by atoms with E-state index in [9.17, 15) is 18.7 Å². The summed E-state index contributed by atoms with van der Waals surface area (Å²) in [5, 5.41) is 10.7. The van der Waals surface area contributed by atoms with E-state index in [0.717, 1.165) is 23.9 Å². The smallest absolute Gasteiger partial charge is 0.321 e. The number of hydrogen-bond acceptors (Lipinski definition) is 5. The van der Waals surface area contributed by atoms with Crippen LogP contribution in [-0.4, -0.2) is 81.3 Å². The van der Waals surface area contributed by atoms with Gasteiger partial charge in [0.2, 0.25) is 0 Å². The molecule has 3 heterocycles. The summed E-state index contributed by atoms with van der Waals surface area (Å²) in [5.74, 6) is -1.25. The summed E-state index contributed by atoms with van der Waals surface area (Å²) in [6, 6.07) is 10.9. The summed E-state index contributed by atoms with van der Waals surface area (Å²) in [6.07, 6.45) is 6.25. The zero-order valence-electron chi connectivity index (χ0n) is 22.3. The van der Waals surface area contributed by atoms with Crippen molar-refractivity contribution in [2.45, 2.75) is 37.1 Å². The lowest BCUT2D eigenvalue weighted by molar-refractivity contribution is 0.0632. The molecule has 2 unspecified atom stereocenters. The number of aliphatic hydroxyl groups excluding tert-OH is 1. The van der Waals surface area contributed by atoms with Crippen molar-refractivity contribution in [3.8, 4) is 0 Å². The Balaban J connectivity index is 1.42. The van der Waals surface area contributed by atoms with Gasteiger partial charge in [-0.1, -0.05) is 30.3 Å². The average Bonchev–Trinajstić information content (AvgIpc) is 3.28. The summed E-state index contributed by atoms with van der Waals surface area (Å²) in [7, 11) is 1.56. The Morgan fingerprint density at radius 3 is 2.70 bits per heavy atom. The Morgan fingerprint density at radius 2 is 1.98 bits per heavy atom. The van der Waals surface area contributed by atoms with E-state index in [-0.39, 0.29) is 18.7 Å². The lowest BCUT2D eigenvalue weighted by Gasteiger charge is -2.41. The fourth-order valence-corrected chi connectivity index (χ4v) is 5.77. The van der Waals surface area contributed by atoms with Gasteiger partial charge in [-0.15, -0.1) is 0 Å². The molecule has 1 aromatic heterocycles. The van der Waals surface area contributed by atoms with Gasteiger partial charge < -0.3 is 14.9 Å². The maximum absolute atomic E-state index is 15.8. The van der Waals surface area contributed by atoms with Crippen LogP contribution in [0.15, 0.2) is 73.2 Å². The molecule has 0 spiro atoms. The average molecular weight is 552 g/mol. The Kier molecular flexibility index (Phi) is 8.18. The van der Waals surface area contributed by atoms with Gasteiger partial charge in [-0.25, -0.2) is 18.0 Å². The third-order valence-electron chi connectivity index (χ3n) is 7.87. The second kappa shape index (κ2) is 11.8. The normalized spacial score (nSPS) is 23.5. The Morgan fingerprint density at radius 1 is 1.18 bits per heavy atom. The fraction of sp³-hybridized carbons (Fsp3) is 0.367. The van der Waals surface area contributed by atoms with E-state index < -0.39 is 42.0 Å². The van der Waals surface area contributed by atoms with Crippen molar-refractivity contribution < 1.29 is 23.1 Å². The molecule has 2 amide bonds. The summed E-state index contributed by atoms with van der Waals surface area (Å²) in [4.78, 5) is 27.2. The zero-order chi connectivity index (χ0) is 28.3. The number of rotatable bonds is 6. The molecular weight excluding hydrogens is 519 g/mol. The first-order valence-corrected chi connectivity index (χ1v) is 13.3. The summed E-state index contributed by atoms with van der Waals surface area (Å²) in [5.41, 5.74) is 0.399. The van der Waals surface area contributed by atoms with Gasteiger partial charge in [0.05, 0.1) is 18.3 Å². The molecule has 2 aliphatic heterocycles. The molecule has 0 aliphatic carbocycles.